The van der Waals surface area contributed by atoms with Crippen LogP contribution in [0.15, 0.2) is 65.5 Å². The van der Waals surface area contributed by atoms with Gasteiger partial charge in [-0.2, -0.15) is 4.99 Å². The molecule has 0 aliphatic carbocycles. The molecule has 138 valence electrons. The lowest BCUT2D eigenvalue weighted by Crippen LogP contribution is -2.96. The lowest BCUT2D eigenvalue weighted by Gasteiger charge is -2.06. The number of guanidine groups is 2. The van der Waals surface area contributed by atoms with Gasteiger partial charge < -0.3 is 11.1 Å². The first-order valence-corrected chi connectivity index (χ1v) is 8.42. The second-order valence-electron chi connectivity index (χ2n) is 6.00. The molecule has 27 heavy (non-hydrogen) atoms. The summed E-state index contributed by atoms with van der Waals surface area (Å²) in [6.07, 6.45) is 0. The van der Waals surface area contributed by atoms with Crippen LogP contribution in [0.25, 0.3) is 5.69 Å². The predicted molar refractivity (Wildman–Crippen MR) is 106 cm³/mol. The van der Waals surface area contributed by atoms with Gasteiger partial charge in [0.05, 0.1) is 11.4 Å². The zero-order valence-electron chi connectivity index (χ0n) is 15.2. The van der Waals surface area contributed by atoms with E-state index in [0.717, 1.165) is 17.1 Å². The van der Waals surface area contributed by atoms with E-state index >= 15 is 0 Å². The molecule has 8 heteroatoms. The van der Waals surface area contributed by atoms with Gasteiger partial charge in [-0.15, -0.1) is 4.99 Å². The highest BCUT2D eigenvalue weighted by Crippen LogP contribution is 2.09. The van der Waals surface area contributed by atoms with Crippen LogP contribution in [0.1, 0.15) is 5.69 Å². The number of rotatable bonds is 3. The van der Waals surface area contributed by atoms with Crippen molar-refractivity contribution in [2.75, 3.05) is 5.32 Å². The van der Waals surface area contributed by atoms with Gasteiger partial charge in [0.15, 0.2) is 0 Å². The van der Waals surface area contributed by atoms with Crippen molar-refractivity contribution in [2.45, 2.75) is 6.92 Å². The molecule has 1 aromatic heterocycles. The van der Waals surface area contributed by atoms with E-state index in [9.17, 15) is 4.79 Å². The summed E-state index contributed by atoms with van der Waals surface area (Å²) in [7, 11) is 1.82. The van der Waals surface area contributed by atoms with Crippen molar-refractivity contribution in [3.8, 4) is 5.69 Å². The van der Waals surface area contributed by atoms with Gasteiger partial charge in [-0.05, 0) is 31.2 Å². The molecule has 1 heterocycles. The first-order valence-electron chi connectivity index (χ1n) is 8.42. The fourth-order valence-electron chi connectivity index (χ4n) is 2.73. The van der Waals surface area contributed by atoms with Crippen molar-refractivity contribution in [1.29, 1.82) is 0 Å². The van der Waals surface area contributed by atoms with Crippen LogP contribution >= 0.6 is 0 Å². The van der Waals surface area contributed by atoms with E-state index in [0.29, 0.717) is 5.69 Å². The molecule has 0 aliphatic heterocycles. The van der Waals surface area contributed by atoms with Crippen LogP contribution in [0.2, 0.25) is 0 Å². The topological polar surface area (TPSA) is 119 Å². The number of nitrogens with zero attached hydrogens (tertiary/aromatic N) is 2. The fraction of sp³-hybridized carbons (Fsp3) is 0.105. The van der Waals surface area contributed by atoms with Crippen LogP contribution in [0.5, 0.6) is 0 Å². The summed E-state index contributed by atoms with van der Waals surface area (Å²) in [5.74, 6) is 0.380. The number of anilines is 1. The second-order valence-corrected chi connectivity index (χ2v) is 6.00. The van der Waals surface area contributed by atoms with E-state index in [1.54, 1.807) is 9.36 Å². The first-order chi connectivity index (χ1) is 13.0. The zero-order chi connectivity index (χ0) is 19.4. The maximum absolute atomic E-state index is 12.9. The highest BCUT2D eigenvalue weighted by Gasteiger charge is 2.20. The Morgan fingerprint density at radius 1 is 1.00 bits per heavy atom. The minimum atomic E-state index is -0.208. The molecule has 0 unspecified atom stereocenters. The summed E-state index contributed by atoms with van der Waals surface area (Å²) in [5.41, 5.74) is 14.4. The fourth-order valence-corrected chi connectivity index (χ4v) is 2.73. The van der Waals surface area contributed by atoms with E-state index < -0.39 is 0 Å². The van der Waals surface area contributed by atoms with E-state index in [1.807, 2.05) is 74.6 Å². The Bertz CT molecular complexity index is 1050. The maximum Gasteiger partial charge on any atom is 0.523 e. The molecule has 8 nitrogen and oxygen atoms in total. The van der Waals surface area contributed by atoms with Crippen molar-refractivity contribution in [3.63, 3.8) is 0 Å². The van der Waals surface area contributed by atoms with Crippen LogP contribution in [-0.4, -0.2) is 21.3 Å². The summed E-state index contributed by atoms with van der Waals surface area (Å²) in [6, 6.07) is 18.8. The lowest BCUT2D eigenvalue weighted by atomic mass is 10.3. The molecule has 2 aromatic carbocycles. The molecule has 0 saturated carbocycles. The highest BCUT2D eigenvalue weighted by molar-refractivity contribution is 5.90. The molecule has 3 rings (SSSR count). The van der Waals surface area contributed by atoms with Gasteiger partial charge >= 0.3 is 17.5 Å². The van der Waals surface area contributed by atoms with Crippen LogP contribution in [0.4, 0.5) is 11.4 Å². The number of hydrogen-bond donors (Lipinski definition) is 5. The molecule has 0 radical (unpaired) electrons. The van der Waals surface area contributed by atoms with Crippen molar-refractivity contribution < 1.29 is 9.98 Å². The van der Waals surface area contributed by atoms with E-state index in [2.05, 4.69) is 15.3 Å². The molecule has 0 atom stereocenters. The summed E-state index contributed by atoms with van der Waals surface area (Å²) < 4.78 is 3.34. The first kappa shape index (κ1) is 18.0. The van der Waals surface area contributed by atoms with Gasteiger partial charge in [-0.25, -0.2) is 10.4 Å². The standard InChI is InChI=1S/C19H21N7O/c1-13-16(17(27)26(25(13)2)15-11-7-4-8-12-15)23-19(21)24-18(20)22-14-9-5-3-6-10-14/h3-12H,1-2H3,(H5,20,21,22,23,24)/p+2. The Balaban J connectivity index is 1.93. The molecule has 0 saturated heterocycles. The number of nitrogens with one attached hydrogen (secondary N) is 3. The molecule has 0 spiro atoms. The second kappa shape index (κ2) is 7.61. The van der Waals surface area contributed by atoms with Crippen molar-refractivity contribution in [1.82, 2.24) is 9.36 Å². The Morgan fingerprint density at radius 3 is 2.22 bits per heavy atom. The largest absolute Gasteiger partial charge is 0.523 e. The minimum Gasteiger partial charge on any atom is -0.344 e. The smallest absolute Gasteiger partial charge is 0.344 e. The third-order valence-corrected chi connectivity index (χ3v) is 4.14. The van der Waals surface area contributed by atoms with Crippen LogP contribution in [-0.2, 0) is 7.05 Å². The van der Waals surface area contributed by atoms with E-state index in [4.69, 9.17) is 11.5 Å². The number of hydrogen-bond acceptors (Lipinski definition) is 1. The Hall–Kier alpha value is -3.81. The van der Waals surface area contributed by atoms with Crippen LogP contribution < -0.4 is 32.3 Å². The third-order valence-electron chi connectivity index (χ3n) is 4.14. The van der Waals surface area contributed by atoms with Gasteiger partial charge in [0.25, 0.3) is 0 Å². The summed E-state index contributed by atoms with van der Waals surface area (Å²) in [6.45, 7) is 1.84. The third kappa shape index (κ3) is 3.90. The average molecular weight is 365 g/mol. The van der Waals surface area contributed by atoms with Gasteiger partial charge in [0.1, 0.15) is 0 Å². The molecule has 7 N–H and O–H groups in total. The summed E-state index contributed by atoms with van der Waals surface area (Å²) in [4.78, 5) is 18.6. The molecular weight excluding hydrogens is 342 g/mol. The van der Waals surface area contributed by atoms with Gasteiger partial charge in [0.2, 0.25) is 5.69 Å². The summed E-state index contributed by atoms with van der Waals surface area (Å²) in [5, 5.41) is 2.98. The molecule has 0 fully saturated rings. The zero-order valence-corrected chi connectivity index (χ0v) is 15.2. The Labute approximate surface area is 156 Å². The van der Waals surface area contributed by atoms with Crippen molar-refractivity contribution >= 4 is 23.3 Å². The highest BCUT2D eigenvalue weighted by atomic mass is 16.1. The normalized spacial score (nSPS) is 12.2. The summed E-state index contributed by atoms with van der Waals surface area (Å²) >= 11 is 0. The monoisotopic (exact) mass is 365 g/mol. The minimum absolute atomic E-state index is 0.141. The van der Waals surface area contributed by atoms with Crippen molar-refractivity contribution in [3.05, 3.63) is 76.7 Å². The van der Waals surface area contributed by atoms with Crippen LogP contribution in [0.3, 0.4) is 0 Å². The van der Waals surface area contributed by atoms with Crippen molar-refractivity contribution in [2.24, 2.45) is 18.5 Å². The number of nitrogens with two attached hydrogens (primary N) is 2. The lowest BCUT2D eigenvalue weighted by molar-refractivity contribution is -0.459. The number of aromatic nitrogens is 2. The number of benzene rings is 2. The number of para-hydroxylation sites is 2. The molecule has 0 bridgehead atoms. The Morgan fingerprint density at radius 2 is 1.59 bits per heavy atom. The molecular formula is C19H23N7O+2. The average Bonchev–Trinajstić information content (AvgIpc) is 2.86. The van der Waals surface area contributed by atoms with E-state index in [1.165, 1.54) is 0 Å². The van der Waals surface area contributed by atoms with Gasteiger partial charge in [0, 0.05) is 12.7 Å². The van der Waals surface area contributed by atoms with Gasteiger partial charge in [-0.3, -0.25) is 9.48 Å². The molecule has 3 aromatic rings. The van der Waals surface area contributed by atoms with E-state index in [-0.39, 0.29) is 17.5 Å². The Kier molecular flexibility index (Phi) is 5.07. The molecule has 0 amide bonds. The SMILES string of the molecule is Cc1c([NH+]=C(N)[NH+]=C(N)Nc2ccccc2)c(=O)n(-c2ccccc2)n1C. The van der Waals surface area contributed by atoms with Crippen LogP contribution in [0, 0.1) is 6.92 Å². The quantitative estimate of drug-likeness (QED) is 0.273. The van der Waals surface area contributed by atoms with Gasteiger partial charge in [-0.1, -0.05) is 36.4 Å². The molecule has 0 aliphatic rings. The predicted octanol–water partition coefficient (Wildman–Crippen LogP) is -1.98. The maximum atomic E-state index is 12.9.